The van der Waals surface area contributed by atoms with Crippen LogP contribution in [0.1, 0.15) is 45.1 Å². The molecule has 8 heteroatoms. The molecule has 1 saturated carbocycles. The Hall–Kier alpha value is -2.90. The van der Waals surface area contributed by atoms with Crippen molar-refractivity contribution in [2.45, 2.75) is 51.6 Å². The number of hydrogen-bond acceptors (Lipinski definition) is 4. The minimum absolute atomic E-state index is 0.0232. The molecule has 0 radical (unpaired) electrons. The van der Waals surface area contributed by atoms with Crippen molar-refractivity contribution in [1.82, 2.24) is 15.5 Å². The highest BCUT2D eigenvalue weighted by atomic mass is 16.2. The summed E-state index contributed by atoms with van der Waals surface area (Å²) in [6.45, 7) is 3.59. The molecule has 0 atom stereocenters. The van der Waals surface area contributed by atoms with E-state index in [9.17, 15) is 19.2 Å². The fourth-order valence-electron chi connectivity index (χ4n) is 3.30. The molecule has 0 aromatic heterocycles. The molecule has 5 amide bonds. The van der Waals surface area contributed by atoms with E-state index in [4.69, 9.17) is 0 Å². The normalized spacial score (nSPS) is 18.0. The maximum Gasteiger partial charge on any atom is 0.325 e. The van der Waals surface area contributed by atoms with E-state index in [2.05, 4.69) is 16.0 Å². The SMILES string of the molecule is CCC1(CC)NC(=O)N(CC(=O)NCc2cccc(NC(=O)C3CC3)c2)C1=O. The van der Waals surface area contributed by atoms with Crippen LogP contribution in [0.4, 0.5) is 10.5 Å². The van der Waals surface area contributed by atoms with Gasteiger partial charge in [0.25, 0.3) is 5.91 Å². The second-order valence-electron chi connectivity index (χ2n) is 7.35. The van der Waals surface area contributed by atoms with Gasteiger partial charge in [-0.15, -0.1) is 0 Å². The molecule has 1 aliphatic carbocycles. The van der Waals surface area contributed by atoms with Crippen molar-refractivity contribution in [3.8, 4) is 0 Å². The number of rotatable bonds is 8. The van der Waals surface area contributed by atoms with Crippen molar-refractivity contribution in [1.29, 1.82) is 0 Å². The minimum Gasteiger partial charge on any atom is -0.350 e. The zero-order valence-electron chi connectivity index (χ0n) is 16.2. The molecule has 1 aliphatic heterocycles. The van der Waals surface area contributed by atoms with Crippen LogP contribution in [-0.2, 0) is 20.9 Å². The Morgan fingerprint density at radius 2 is 1.93 bits per heavy atom. The van der Waals surface area contributed by atoms with Crippen LogP contribution in [0, 0.1) is 5.92 Å². The van der Waals surface area contributed by atoms with E-state index in [1.807, 2.05) is 19.9 Å². The van der Waals surface area contributed by atoms with Gasteiger partial charge in [-0.25, -0.2) is 4.79 Å². The third-order valence-electron chi connectivity index (χ3n) is 5.39. The average molecular weight is 386 g/mol. The molecule has 0 bridgehead atoms. The molecule has 1 heterocycles. The van der Waals surface area contributed by atoms with Gasteiger partial charge in [0.2, 0.25) is 11.8 Å². The second kappa shape index (κ2) is 8.00. The molecule has 0 unspecified atom stereocenters. The Morgan fingerprint density at radius 1 is 1.21 bits per heavy atom. The van der Waals surface area contributed by atoms with E-state index in [-0.39, 0.29) is 30.8 Å². The molecule has 3 rings (SSSR count). The molecule has 0 spiro atoms. The van der Waals surface area contributed by atoms with Crippen LogP contribution in [0.2, 0.25) is 0 Å². The number of nitrogens with one attached hydrogen (secondary N) is 3. The van der Waals surface area contributed by atoms with Gasteiger partial charge in [-0.05, 0) is 43.4 Å². The van der Waals surface area contributed by atoms with Gasteiger partial charge in [0.1, 0.15) is 12.1 Å². The van der Waals surface area contributed by atoms with Crippen LogP contribution in [0.15, 0.2) is 24.3 Å². The van der Waals surface area contributed by atoms with Crippen LogP contribution in [0.25, 0.3) is 0 Å². The zero-order chi connectivity index (χ0) is 20.3. The lowest BCUT2D eigenvalue weighted by molar-refractivity contribution is -0.135. The van der Waals surface area contributed by atoms with Crippen LogP contribution in [0.3, 0.4) is 0 Å². The number of hydrogen-bond donors (Lipinski definition) is 3. The second-order valence-corrected chi connectivity index (χ2v) is 7.35. The first-order chi connectivity index (χ1) is 13.4. The van der Waals surface area contributed by atoms with Crippen molar-refractivity contribution >= 4 is 29.4 Å². The maximum absolute atomic E-state index is 12.5. The van der Waals surface area contributed by atoms with E-state index in [0.29, 0.717) is 18.5 Å². The molecule has 1 saturated heterocycles. The average Bonchev–Trinajstić information content (AvgIpc) is 3.50. The molecule has 1 aromatic rings. The highest BCUT2D eigenvalue weighted by molar-refractivity contribution is 6.09. The fraction of sp³-hybridized carbons (Fsp3) is 0.500. The van der Waals surface area contributed by atoms with Gasteiger partial charge in [-0.1, -0.05) is 26.0 Å². The number of imide groups is 1. The minimum atomic E-state index is -0.911. The lowest BCUT2D eigenvalue weighted by Crippen LogP contribution is -2.46. The van der Waals surface area contributed by atoms with Crippen LogP contribution >= 0.6 is 0 Å². The summed E-state index contributed by atoms with van der Waals surface area (Å²) in [5, 5.41) is 8.29. The van der Waals surface area contributed by atoms with Gasteiger partial charge in [0, 0.05) is 18.2 Å². The highest BCUT2D eigenvalue weighted by Crippen LogP contribution is 2.30. The first-order valence-electron chi connectivity index (χ1n) is 9.69. The summed E-state index contributed by atoms with van der Waals surface area (Å²) in [6.07, 6.45) is 2.82. The monoisotopic (exact) mass is 386 g/mol. The van der Waals surface area contributed by atoms with E-state index in [1.165, 1.54) is 0 Å². The zero-order valence-corrected chi connectivity index (χ0v) is 16.2. The lowest BCUT2D eigenvalue weighted by atomic mass is 9.93. The Balaban J connectivity index is 1.54. The molecule has 28 heavy (non-hydrogen) atoms. The quantitative estimate of drug-likeness (QED) is 0.592. The number of nitrogens with zero attached hydrogens (tertiary/aromatic N) is 1. The summed E-state index contributed by atoms with van der Waals surface area (Å²) in [4.78, 5) is 49.7. The van der Waals surface area contributed by atoms with Gasteiger partial charge in [0.15, 0.2) is 0 Å². The van der Waals surface area contributed by atoms with Crippen molar-refractivity contribution in [3.05, 3.63) is 29.8 Å². The summed E-state index contributed by atoms with van der Waals surface area (Å²) in [7, 11) is 0. The van der Waals surface area contributed by atoms with E-state index < -0.39 is 17.5 Å². The Kier molecular flexibility index (Phi) is 5.67. The molecular weight excluding hydrogens is 360 g/mol. The van der Waals surface area contributed by atoms with E-state index in [0.717, 1.165) is 23.3 Å². The van der Waals surface area contributed by atoms with Gasteiger partial charge in [-0.3, -0.25) is 19.3 Å². The number of carbonyl (C=O) groups is 4. The molecule has 2 fully saturated rings. The van der Waals surface area contributed by atoms with Crippen LogP contribution in [0.5, 0.6) is 0 Å². The molecular formula is C20H26N4O4. The largest absolute Gasteiger partial charge is 0.350 e. The summed E-state index contributed by atoms with van der Waals surface area (Å²) in [6, 6.07) is 6.70. The number of carbonyl (C=O) groups excluding carboxylic acids is 4. The molecule has 2 aliphatic rings. The van der Waals surface area contributed by atoms with Gasteiger partial charge in [-0.2, -0.15) is 0 Å². The number of benzene rings is 1. The maximum atomic E-state index is 12.5. The number of amides is 5. The van der Waals surface area contributed by atoms with Gasteiger partial charge >= 0.3 is 6.03 Å². The molecule has 8 nitrogen and oxygen atoms in total. The topological polar surface area (TPSA) is 108 Å². The van der Waals surface area contributed by atoms with Crippen molar-refractivity contribution in [2.75, 3.05) is 11.9 Å². The third kappa shape index (κ3) is 4.16. The Bertz CT molecular complexity index is 799. The third-order valence-corrected chi connectivity index (χ3v) is 5.39. The number of anilines is 1. The predicted molar refractivity (Wildman–Crippen MR) is 103 cm³/mol. The first-order valence-corrected chi connectivity index (χ1v) is 9.69. The van der Waals surface area contributed by atoms with Gasteiger partial charge < -0.3 is 16.0 Å². The van der Waals surface area contributed by atoms with Crippen LogP contribution in [-0.4, -0.2) is 40.7 Å². The standard InChI is InChI=1S/C20H26N4O4/c1-3-20(4-2)18(27)24(19(28)23-20)12-16(25)21-11-13-6-5-7-15(10-13)22-17(26)14-8-9-14/h5-7,10,14H,3-4,8-9,11-12H2,1-2H3,(H,21,25)(H,22,26)(H,23,28). The summed E-state index contributed by atoms with van der Waals surface area (Å²) >= 11 is 0. The van der Waals surface area contributed by atoms with Crippen molar-refractivity contribution in [2.24, 2.45) is 5.92 Å². The van der Waals surface area contributed by atoms with Crippen LogP contribution < -0.4 is 16.0 Å². The Labute approximate surface area is 164 Å². The van der Waals surface area contributed by atoms with Crippen molar-refractivity contribution < 1.29 is 19.2 Å². The smallest absolute Gasteiger partial charge is 0.325 e. The molecule has 1 aromatic carbocycles. The van der Waals surface area contributed by atoms with Gasteiger partial charge in [0.05, 0.1) is 0 Å². The molecule has 3 N–H and O–H groups in total. The summed E-state index contributed by atoms with van der Waals surface area (Å²) in [5.74, 6) is -0.637. The Morgan fingerprint density at radius 3 is 2.54 bits per heavy atom. The summed E-state index contributed by atoms with van der Waals surface area (Å²) in [5.41, 5.74) is 0.592. The predicted octanol–water partition coefficient (Wildman–Crippen LogP) is 1.76. The molecule has 150 valence electrons. The summed E-state index contributed by atoms with van der Waals surface area (Å²) < 4.78 is 0. The van der Waals surface area contributed by atoms with E-state index >= 15 is 0 Å². The lowest BCUT2D eigenvalue weighted by Gasteiger charge is -2.23. The highest BCUT2D eigenvalue weighted by Gasteiger charge is 2.49. The van der Waals surface area contributed by atoms with E-state index in [1.54, 1.807) is 18.2 Å². The fourth-order valence-corrected chi connectivity index (χ4v) is 3.30. The first kappa shape index (κ1) is 19.9. The van der Waals surface area contributed by atoms with Crippen molar-refractivity contribution in [3.63, 3.8) is 0 Å². The number of urea groups is 1.